The number of aryl methyl sites for hydroxylation is 1. The minimum absolute atomic E-state index is 0.0659. The maximum atomic E-state index is 12.4. The van der Waals surface area contributed by atoms with E-state index in [1.807, 2.05) is 61.7 Å². The molecule has 4 rings (SSSR count). The largest absolute Gasteiger partial charge is 0.274 e. The number of carbonyl (C=O) groups excluding carboxylic acids is 1. The van der Waals surface area contributed by atoms with Crippen LogP contribution >= 0.6 is 34.7 Å². The molecule has 1 amide bonds. The molecule has 0 fully saturated rings. The van der Waals surface area contributed by atoms with Gasteiger partial charge in [-0.3, -0.25) is 14.8 Å². The van der Waals surface area contributed by atoms with E-state index in [-0.39, 0.29) is 5.91 Å². The monoisotopic (exact) mass is 469 g/mol. The molecule has 2 aromatic heterocycles. The molecule has 2 heterocycles. The first-order chi connectivity index (χ1) is 14.9. The molecular weight excluding hydrogens is 450 g/mol. The fraction of sp³-hybridized carbons (Fsp3) is 0.182. The highest BCUT2D eigenvalue weighted by Crippen LogP contribution is 2.33. The van der Waals surface area contributed by atoms with Gasteiger partial charge < -0.3 is 0 Å². The molecule has 31 heavy (non-hydrogen) atoms. The molecule has 0 spiro atoms. The second-order valence-corrected chi connectivity index (χ2v) is 9.17. The van der Waals surface area contributed by atoms with E-state index in [1.165, 1.54) is 23.1 Å². The summed E-state index contributed by atoms with van der Waals surface area (Å²) in [5, 5.41) is 11.2. The van der Waals surface area contributed by atoms with Crippen molar-refractivity contribution >= 4 is 51.4 Å². The van der Waals surface area contributed by atoms with E-state index in [9.17, 15) is 4.79 Å². The lowest BCUT2D eigenvalue weighted by molar-refractivity contribution is -0.115. The number of thioether (sulfide) groups is 1. The lowest BCUT2D eigenvalue weighted by Gasteiger charge is -2.21. The Hall–Kier alpha value is -2.68. The van der Waals surface area contributed by atoms with Gasteiger partial charge in [-0.25, -0.2) is 9.97 Å². The molecule has 2 aromatic carbocycles. The highest BCUT2D eigenvalue weighted by atomic mass is 35.5. The number of amides is 1. The smallest absolute Gasteiger partial charge is 0.230 e. The van der Waals surface area contributed by atoms with Crippen LogP contribution in [-0.2, 0) is 10.5 Å². The second-order valence-electron chi connectivity index (χ2n) is 6.96. The van der Waals surface area contributed by atoms with E-state index in [4.69, 9.17) is 16.6 Å². The third kappa shape index (κ3) is 4.81. The molecule has 9 heteroatoms. The van der Waals surface area contributed by atoms with Gasteiger partial charge in [0.15, 0.2) is 11.0 Å². The fourth-order valence-electron chi connectivity index (χ4n) is 3.04. The molecule has 0 unspecified atom stereocenters. The van der Waals surface area contributed by atoms with Crippen molar-refractivity contribution in [3.63, 3.8) is 0 Å². The van der Waals surface area contributed by atoms with Crippen molar-refractivity contribution in [2.45, 2.75) is 31.7 Å². The minimum Gasteiger partial charge on any atom is -0.274 e. The number of anilines is 2. The van der Waals surface area contributed by atoms with Gasteiger partial charge in [0.25, 0.3) is 0 Å². The van der Waals surface area contributed by atoms with Crippen LogP contribution in [0.1, 0.15) is 23.7 Å². The zero-order valence-corrected chi connectivity index (χ0v) is 19.6. The van der Waals surface area contributed by atoms with Gasteiger partial charge in [-0.1, -0.05) is 35.5 Å². The van der Waals surface area contributed by atoms with Gasteiger partial charge >= 0.3 is 0 Å². The van der Waals surface area contributed by atoms with Crippen molar-refractivity contribution in [2.75, 3.05) is 4.90 Å². The topological polar surface area (TPSA) is 74.8 Å². The standard InChI is InChI=1S/C22H20ClN5OS2/c1-13-5-4-6-19(14(13)2)28(15(3)29)22-24-18(12-31-22)11-30-21-25-20(26-27-21)16-7-9-17(23)10-8-16/h4-10,12H,11H2,1-3H3,(H,25,26,27). The molecule has 0 aliphatic carbocycles. The fourth-order valence-corrected chi connectivity index (χ4v) is 4.84. The first kappa shape index (κ1) is 21.5. The summed E-state index contributed by atoms with van der Waals surface area (Å²) in [4.78, 5) is 23.3. The Kier molecular flexibility index (Phi) is 6.41. The summed E-state index contributed by atoms with van der Waals surface area (Å²) in [6.07, 6.45) is 0. The number of aromatic amines is 1. The zero-order chi connectivity index (χ0) is 22.0. The molecular formula is C22H20ClN5OS2. The summed E-state index contributed by atoms with van der Waals surface area (Å²) in [7, 11) is 0. The molecule has 0 atom stereocenters. The molecule has 0 aliphatic heterocycles. The molecule has 4 aromatic rings. The Morgan fingerprint density at radius 3 is 2.68 bits per heavy atom. The number of benzene rings is 2. The molecule has 0 bridgehead atoms. The number of H-pyrrole nitrogens is 1. The third-order valence-corrected chi connectivity index (χ3v) is 6.80. The van der Waals surface area contributed by atoms with Crippen molar-refractivity contribution in [3.8, 4) is 11.4 Å². The molecule has 0 saturated carbocycles. The van der Waals surface area contributed by atoms with Crippen LogP contribution in [0.2, 0.25) is 5.02 Å². The Bertz CT molecular complexity index is 1220. The molecule has 158 valence electrons. The Morgan fingerprint density at radius 2 is 1.94 bits per heavy atom. The normalized spacial score (nSPS) is 11.0. The maximum absolute atomic E-state index is 12.4. The van der Waals surface area contributed by atoms with Crippen molar-refractivity contribution in [1.29, 1.82) is 0 Å². The predicted molar refractivity (Wildman–Crippen MR) is 127 cm³/mol. The van der Waals surface area contributed by atoms with Gasteiger partial charge in [0.05, 0.1) is 11.4 Å². The van der Waals surface area contributed by atoms with E-state index < -0.39 is 0 Å². The number of hydrogen-bond acceptors (Lipinski definition) is 6. The molecule has 0 aliphatic rings. The summed E-state index contributed by atoms with van der Waals surface area (Å²) in [5.41, 5.74) is 4.86. The lowest BCUT2D eigenvalue weighted by Crippen LogP contribution is -2.23. The first-order valence-electron chi connectivity index (χ1n) is 9.55. The van der Waals surface area contributed by atoms with Gasteiger partial charge in [0.1, 0.15) is 0 Å². The number of nitrogens with zero attached hydrogens (tertiary/aromatic N) is 4. The number of carbonyl (C=O) groups is 1. The highest BCUT2D eigenvalue weighted by Gasteiger charge is 2.20. The minimum atomic E-state index is -0.0659. The van der Waals surface area contributed by atoms with Crippen LogP contribution in [0.25, 0.3) is 11.4 Å². The first-order valence-corrected chi connectivity index (χ1v) is 11.8. The quantitative estimate of drug-likeness (QED) is 0.341. The number of rotatable bonds is 6. The van der Waals surface area contributed by atoms with Gasteiger partial charge in [0, 0.05) is 28.6 Å². The van der Waals surface area contributed by atoms with Crippen LogP contribution in [0.3, 0.4) is 0 Å². The number of thiazole rings is 1. The zero-order valence-electron chi connectivity index (χ0n) is 17.2. The Morgan fingerprint density at radius 1 is 1.16 bits per heavy atom. The molecule has 1 N–H and O–H groups in total. The molecule has 0 radical (unpaired) electrons. The van der Waals surface area contributed by atoms with Crippen LogP contribution in [0, 0.1) is 13.8 Å². The molecule has 6 nitrogen and oxygen atoms in total. The average molecular weight is 470 g/mol. The second kappa shape index (κ2) is 9.21. The van der Waals surface area contributed by atoms with Gasteiger partial charge in [0.2, 0.25) is 11.1 Å². The SMILES string of the molecule is CC(=O)N(c1nc(CSc2n[nH]c(-c3ccc(Cl)cc3)n2)cs1)c1cccc(C)c1C. The van der Waals surface area contributed by atoms with Crippen LogP contribution < -0.4 is 4.90 Å². The van der Waals surface area contributed by atoms with Crippen LogP contribution in [0.4, 0.5) is 10.8 Å². The van der Waals surface area contributed by atoms with Crippen molar-refractivity contribution < 1.29 is 4.79 Å². The number of halogens is 1. The van der Waals surface area contributed by atoms with Gasteiger partial charge in [-0.2, -0.15) is 0 Å². The number of nitrogens with one attached hydrogen (secondary N) is 1. The summed E-state index contributed by atoms with van der Waals surface area (Å²) in [6.45, 7) is 5.62. The van der Waals surface area contributed by atoms with E-state index >= 15 is 0 Å². The van der Waals surface area contributed by atoms with Crippen molar-refractivity contribution in [3.05, 3.63) is 69.7 Å². The summed E-state index contributed by atoms with van der Waals surface area (Å²) < 4.78 is 0. The average Bonchev–Trinajstić information content (AvgIpc) is 3.40. The maximum Gasteiger partial charge on any atom is 0.230 e. The molecule has 0 saturated heterocycles. The van der Waals surface area contributed by atoms with E-state index in [1.54, 1.807) is 11.8 Å². The summed E-state index contributed by atoms with van der Waals surface area (Å²) >= 11 is 8.88. The van der Waals surface area contributed by atoms with Gasteiger partial charge in [-0.05, 0) is 55.3 Å². The van der Waals surface area contributed by atoms with E-state index in [0.717, 1.165) is 28.1 Å². The number of hydrogen-bond donors (Lipinski definition) is 1. The summed E-state index contributed by atoms with van der Waals surface area (Å²) in [6, 6.07) is 13.4. The lowest BCUT2D eigenvalue weighted by atomic mass is 10.1. The van der Waals surface area contributed by atoms with Gasteiger partial charge in [-0.15, -0.1) is 16.4 Å². The number of aromatic nitrogens is 4. The Balaban J connectivity index is 1.48. The highest BCUT2D eigenvalue weighted by molar-refractivity contribution is 7.98. The summed E-state index contributed by atoms with van der Waals surface area (Å²) in [5.74, 6) is 1.23. The van der Waals surface area contributed by atoms with E-state index in [0.29, 0.717) is 26.9 Å². The van der Waals surface area contributed by atoms with Crippen molar-refractivity contribution in [2.24, 2.45) is 0 Å². The Labute approximate surface area is 193 Å². The van der Waals surface area contributed by atoms with E-state index in [2.05, 4.69) is 15.2 Å². The van der Waals surface area contributed by atoms with Crippen LogP contribution in [-0.4, -0.2) is 26.1 Å². The van der Waals surface area contributed by atoms with Crippen molar-refractivity contribution in [1.82, 2.24) is 20.2 Å². The van der Waals surface area contributed by atoms with Crippen LogP contribution in [0.5, 0.6) is 0 Å². The van der Waals surface area contributed by atoms with Crippen LogP contribution in [0.15, 0.2) is 53.0 Å². The third-order valence-electron chi connectivity index (χ3n) is 4.79. The predicted octanol–water partition coefficient (Wildman–Crippen LogP) is 6.18.